The number of nitrogens with one attached hydrogen (secondary N) is 1. The molecule has 0 amide bonds. The summed E-state index contributed by atoms with van der Waals surface area (Å²) < 4.78 is 0.732. The van der Waals surface area contributed by atoms with Crippen molar-refractivity contribution in [2.24, 2.45) is 0 Å². The first-order valence-electron chi connectivity index (χ1n) is 4.63. The van der Waals surface area contributed by atoms with Gasteiger partial charge in [0.05, 0.1) is 4.88 Å². The topological polar surface area (TPSA) is 28.7 Å². The highest BCUT2D eigenvalue weighted by Gasteiger charge is 2.17. The van der Waals surface area contributed by atoms with Gasteiger partial charge in [0.1, 0.15) is 0 Å². The van der Waals surface area contributed by atoms with Crippen LogP contribution < -0.4 is 0 Å². The smallest absolute Gasteiger partial charge is 0.176 e. The molecule has 0 spiro atoms. The van der Waals surface area contributed by atoms with Crippen molar-refractivity contribution in [2.75, 3.05) is 0 Å². The van der Waals surface area contributed by atoms with Crippen LogP contribution in [0.1, 0.15) is 25.6 Å². The van der Waals surface area contributed by atoms with Gasteiger partial charge in [-0.1, -0.05) is 32.1 Å². The number of thiophene rings is 1. The maximum atomic E-state index is 5.02. The second-order valence-electron chi connectivity index (χ2n) is 4.33. The number of aromatic nitrogens is 2. The van der Waals surface area contributed by atoms with E-state index < -0.39 is 0 Å². The van der Waals surface area contributed by atoms with Gasteiger partial charge in [0.15, 0.2) is 8.96 Å². The number of nitrogens with zero attached hydrogens (tertiary/aromatic N) is 1. The molecule has 0 radical (unpaired) electrons. The summed E-state index contributed by atoms with van der Waals surface area (Å²) in [5, 5.41) is 7.97. The molecule has 2 rings (SSSR count). The van der Waals surface area contributed by atoms with E-state index in [0.717, 1.165) is 8.96 Å². The van der Waals surface area contributed by atoms with Gasteiger partial charge in [-0.3, -0.25) is 5.10 Å². The molecule has 2 aromatic rings. The van der Waals surface area contributed by atoms with Gasteiger partial charge in [-0.2, -0.15) is 5.10 Å². The van der Waals surface area contributed by atoms with Crippen molar-refractivity contribution in [2.45, 2.75) is 26.2 Å². The lowest BCUT2D eigenvalue weighted by atomic mass is 9.95. The molecule has 0 unspecified atom stereocenters. The lowest BCUT2D eigenvalue weighted by molar-refractivity contribution is 0.604. The second-order valence-corrected chi connectivity index (χ2v) is 7.08. The lowest BCUT2D eigenvalue weighted by Crippen LogP contribution is -2.07. The van der Waals surface area contributed by atoms with Crippen LogP contribution in [0.25, 0.3) is 9.88 Å². The van der Waals surface area contributed by atoms with Crippen LogP contribution in [0, 0.1) is 3.95 Å². The predicted octanol–water partition coefficient (Wildman–Crippen LogP) is 4.23. The second kappa shape index (κ2) is 3.81. The number of H-pyrrole nitrogens is 1. The van der Waals surface area contributed by atoms with Gasteiger partial charge in [-0.15, -0.1) is 11.3 Å². The van der Waals surface area contributed by atoms with E-state index in [-0.39, 0.29) is 5.41 Å². The fourth-order valence-corrected chi connectivity index (χ4v) is 3.20. The minimum Gasteiger partial charge on any atom is -0.258 e. The summed E-state index contributed by atoms with van der Waals surface area (Å²) in [7, 11) is 0. The Morgan fingerprint density at radius 2 is 2.00 bits per heavy atom. The van der Waals surface area contributed by atoms with E-state index in [1.807, 2.05) is 0 Å². The Balaban J connectivity index is 2.40. The molecule has 2 aromatic heterocycles. The van der Waals surface area contributed by atoms with Crippen LogP contribution in [-0.2, 0) is 5.41 Å². The van der Waals surface area contributed by atoms with Gasteiger partial charge < -0.3 is 0 Å². The summed E-state index contributed by atoms with van der Waals surface area (Å²) in [5.74, 6) is 0. The van der Waals surface area contributed by atoms with E-state index in [0.29, 0.717) is 0 Å². The zero-order valence-electron chi connectivity index (χ0n) is 8.83. The molecule has 0 aromatic carbocycles. The molecular weight excluding hydrogens is 244 g/mol. The molecule has 0 aliphatic heterocycles. The first-order chi connectivity index (χ1) is 6.97. The third-order valence-corrected chi connectivity index (χ3v) is 4.76. The lowest BCUT2D eigenvalue weighted by Gasteiger charge is -2.15. The summed E-state index contributed by atoms with van der Waals surface area (Å²) in [5.41, 5.74) is 0.209. The molecular formula is C10H12N2S3. The normalized spacial score (nSPS) is 11.9. The van der Waals surface area contributed by atoms with E-state index in [9.17, 15) is 0 Å². The Kier molecular flexibility index (Phi) is 2.79. The summed E-state index contributed by atoms with van der Waals surface area (Å²) in [4.78, 5) is 2.57. The highest BCUT2D eigenvalue weighted by Crippen LogP contribution is 2.35. The van der Waals surface area contributed by atoms with Gasteiger partial charge >= 0.3 is 0 Å². The van der Waals surface area contributed by atoms with Crippen molar-refractivity contribution in [1.29, 1.82) is 0 Å². The Labute approximate surface area is 102 Å². The van der Waals surface area contributed by atoms with Crippen molar-refractivity contribution < 1.29 is 0 Å². The van der Waals surface area contributed by atoms with Crippen LogP contribution in [0.3, 0.4) is 0 Å². The van der Waals surface area contributed by atoms with Crippen molar-refractivity contribution in [3.8, 4) is 9.88 Å². The zero-order valence-corrected chi connectivity index (χ0v) is 11.3. The molecule has 15 heavy (non-hydrogen) atoms. The summed E-state index contributed by atoms with van der Waals surface area (Å²) in [6.45, 7) is 6.65. The molecule has 0 fully saturated rings. The first kappa shape index (κ1) is 11.0. The van der Waals surface area contributed by atoms with E-state index in [4.69, 9.17) is 12.2 Å². The molecule has 2 nitrogen and oxygen atoms in total. The molecule has 2 heterocycles. The fraction of sp³-hybridized carbons (Fsp3) is 0.400. The molecule has 0 atom stereocenters. The van der Waals surface area contributed by atoms with E-state index in [1.54, 1.807) is 11.3 Å². The fourth-order valence-electron chi connectivity index (χ4n) is 1.19. The average molecular weight is 256 g/mol. The summed E-state index contributed by atoms with van der Waals surface area (Å²) in [6, 6.07) is 4.29. The summed E-state index contributed by atoms with van der Waals surface area (Å²) in [6.07, 6.45) is 0. The van der Waals surface area contributed by atoms with Crippen molar-refractivity contribution >= 4 is 34.9 Å². The number of hydrogen-bond donors (Lipinski definition) is 1. The molecule has 1 N–H and O–H groups in total. The van der Waals surface area contributed by atoms with Crippen LogP contribution in [-0.4, -0.2) is 10.2 Å². The number of aromatic amines is 1. The van der Waals surface area contributed by atoms with Crippen LogP contribution in [0.4, 0.5) is 0 Å². The van der Waals surface area contributed by atoms with E-state index in [1.165, 1.54) is 21.1 Å². The van der Waals surface area contributed by atoms with E-state index >= 15 is 0 Å². The monoisotopic (exact) mass is 256 g/mol. The third-order valence-electron chi connectivity index (χ3n) is 1.99. The van der Waals surface area contributed by atoms with Gasteiger partial charge in [0, 0.05) is 4.88 Å². The predicted molar refractivity (Wildman–Crippen MR) is 69.3 cm³/mol. The van der Waals surface area contributed by atoms with Crippen LogP contribution >= 0.6 is 34.9 Å². The van der Waals surface area contributed by atoms with Gasteiger partial charge in [-0.25, -0.2) is 0 Å². The van der Waals surface area contributed by atoms with Gasteiger partial charge in [0.25, 0.3) is 0 Å². The molecule has 0 aliphatic rings. The van der Waals surface area contributed by atoms with Crippen LogP contribution in [0.5, 0.6) is 0 Å². The van der Waals surface area contributed by atoms with Crippen molar-refractivity contribution in [3.05, 3.63) is 21.0 Å². The molecule has 0 saturated carbocycles. The Morgan fingerprint density at radius 3 is 2.47 bits per heavy atom. The highest BCUT2D eigenvalue weighted by atomic mass is 32.1. The zero-order chi connectivity index (χ0) is 11.1. The molecule has 5 heteroatoms. The van der Waals surface area contributed by atoms with Crippen LogP contribution in [0.15, 0.2) is 12.1 Å². The molecule has 0 bridgehead atoms. The van der Waals surface area contributed by atoms with Gasteiger partial charge in [-0.05, 0) is 29.8 Å². The minimum absolute atomic E-state index is 0.209. The minimum atomic E-state index is 0.209. The highest BCUT2D eigenvalue weighted by molar-refractivity contribution is 7.73. The Morgan fingerprint density at radius 1 is 1.27 bits per heavy atom. The van der Waals surface area contributed by atoms with Crippen molar-refractivity contribution in [1.82, 2.24) is 10.2 Å². The standard InChI is InChI=1S/C10H12N2S3/c1-10(2,3)7-5-4-6(14-7)8-11-12-9(13)15-8/h4-5H,1-3H3,(H,12,13). The number of rotatable bonds is 1. The first-order valence-corrected chi connectivity index (χ1v) is 6.67. The van der Waals surface area contributed by atoms with E-state index in [2.05, 4.69) is 43.1 Å². The Bertz CT molecular complexity index is 513. The molecule has 0 aliphatic carbocycles. The quantitative estimate of drug-likeness (QED) is 0.774. The maximum absolute atomic E-state index is 5.02. The summed E-state index contributed by atoms with van der Waals surface area (Å²) >= 11 is 8.33. The maximum Gasteiger partial charge on any atom is 0.176 e. The SMILES string of the molecule is CC(C)(C)c1ccc(-c2n[nH]c(=S)s2)s1. The third kappa shape index (κ3) is 2.35. The Hall–Kier alpha value is -0.520. The molecule has 80 valence electrons. The largest absolute Gasteiger partial charge is 0.258 e. The molecule has 0 saturated heterocycles. The number of hydrogen-bond acceptors (Lipinski definition) is 4. The van der Waals surface area contributed by atoms with Crippen LogP contribution in [0.2, 0.25) is 0 Å². The average Bonchev–Trinajstić information content (AvgIpc) is 2.69. The van der Waals surface area contributed by atoms with Crippen molar-refractivity contribution in [3.63, 3.8) is 0 Å². The van der Waals surface area contributed by atoms with Gasteiger partial charge in [0.2, 0.25) is 0 Å².